The molecule has 0 saturated carbocycles. The van der Waals surface area contributed by atoms with E-state index in [0.29, 0.717) is 12.1 Å². The summed E-state index contributed by atoms with van der Waals surface area (Å²) >= 11 is 0. The number of aromatic carboxylic acids is 1. The van der Waals surface area contributed by atoms with Crippen LogP contribution in [0.5, 0.6) is 0 Å². The average Bonchev–Trinajstić information content (AvgIpc) is 2.42. The van der Waals surface area contributed by atoms with Crippen LogP contribution in [0, 0.1) is 17.5 Å². The van der Waals surface area contributed by atoms with Gasteiger partial charge in [-0.3, -0.25) is 9.78 Å². The largest absolute Gasteiger partial charge is 0.478 e. The molecule has 108 valence electrons. The molecule has 0 unspecified atom stereocenters. The van der Waals surface area contributed by atoms with Gasteiger partial charge in [0.15, 0.2) is 17.5 Å². The predicted molar refractivity (Wildman–Crippen MR) is 65.5 cm³/mol. The molecular formula is C13H7F3N2O3. The van der Waals surface area contributed by atoms with Crippen molar-refractivity contribution in [3.63, 3.8) is 0 Å². The Bertz CT molecular complexity index is 735. The molecule has 1 amide bonds. The van der Waals surface area contributed by atoms with Gasteiger partial charge in [0.05, 0.1) is 23.0 Å². The third-order valence-corrected chi connectivity index (χ3v) is 2.56. The van der Waals surface area contributed by atoms with Crippen LogP contribution in [0.3, 0.4) is 0 Å². The number of rotatable bonds is 3. The number of carbonyl (C=O) groups is 2. The van der Waals surface area contributed by atoms with Crippen LogP contribution in [0.1, 0.15) is 20.7 Å². The summed E-state index contributed by atoms with van der Waals surface area (Å²) in [6.45, 7) is 0. The van der Waals surface area contributed by atoms with Crippen molar-refractivity contribution in [2.24, 2.45) is 0 Å². The maximum absolute atomic E-state index is 13.4. The fourth-order valence-corrected chi connectivity index (χ4v) is 1.58. The normalized spacial score (nSPS) is 10.2. The van der Waals surface area contributed by atoms with Crippen molar-refractivity contribution in [3.8, 4) is 0 Å². The van der Waals surface area contributed by atoms with E-state index < -0.39 is 46.1 Å². The third kappa shape index (κ3) is 2.99. The van der Waals surface area contributed by atoms with Gasteiger partial charge in [-0.05, 0) is 12.1 Å². The SMILES string of the molecule is O=C(Nc1cc(F)c(F)cc1C(=O)O)c1ccncc1F. The molecule has 8 heteroatoms. The van der Waals surface area contributed by atoms with Gasteiger partial charge in [-0.25, -0.2) is 18.0 Å². The van der Waals surface area contributed by atoms with Gasteiger partial charge in [0.25, 0.3) is 5.91 Å². The van der Waals surface area contributed by atoms with Crippen LogP contribution in [0.25, 0.3) is 0 Å². The zero-order valence-corrected chi connectivity index (χ0v) is 10.2. The highest BCUT2D eigenvalue weighted by molar-refractivity contribution is 6.07. The van der Waals surface area contributed by atoms with Crippen LogP contribution < -0.4 is 5.32 Å². The third-order valence-electron chi connectivity index (χ3n) is 2.56. The predicted octanol–water partition coefficient (Wildman–Crippen LogP) is 2.45. The van der Waals surface area contributed by atoms with Crippen molar-refractivity contribution >= 4 is 17.6 Å². The van der Waals surface area contributed by atoms with E-state index in [1.807, 2.05) is 5.32 Å². The average molecular weight is 296 g/mol. The van der Waals surface area contributed by atoms with Gasteiger partial charge in [-0.15, -0.1) is 0 Å². The van der Waals surface area contributed by atoms with Crippen molar-refractivity contribution in [2.45, 2.75) is 0 Å². The smallest absolute Gasteiger partial charge is 0.337 e. The molecule has 2 N–H and O–H groups in total. The summed E-state index contributed by atoms with van der Waals surface area (Å²) in [6, 6.07) is 2.00. The van der Waals surface area contributed by atoms with E-state index in [-0.39, 0.29) is 0 Å². The van der Waals surface area contributed by atoms with Crippen LogP contribution in [-0.4, -0.2) is 22.0 Å². The molecule has 5 nitrogen and oxygen atoms in total. The fraction of sp³-hybridized carbons (Fsp3) is 0. The lowest BCUT2D eigenvalue weighted by Gasteiger charge is -2.09. The number of hydrogen-bond donors (Lipinski definition) is 2. The number of halogens is 3. The number of anilines is 1. The van der Waals surface area contributed by atoms with Crippen LogP contribution in [0.4, 0.5) is 18.9 Å². The minimum atomic E-state index is -1.57. The molecule has 2 aromatic rings. The molecule has 1 heterocycles. The van der Waals surface area contributed by atoms with Crippen molar-refractivity contribution in [1.29, 1.82) is 0 Å². The summed E-state index contributed by atoms with van der Waals surface area (Å²) in [5, 5.41) is 10.9. The van der Waals surface area contributed by atoms with Gasteiger partial charge in [-0.2, -0.15) is 0 Å². The van der Waals surface area contributed by atoms with E-state index in [2.05, 4.69) is 4.98 Å². The molecule has 2 rings (SSSR count). The molecule has 0 radical (unpaired) electrons. The minimum Gasteiger partial charge on any atom is -0.478 e. The number of carboxylic acid groups (broad SMARTS) is 1. The van der Waals surface area contributed by atoms with E-state index in [4.69, 9.17) is 5.11 Å². The van der Waals surface area contributed by atoms with E-state index >= 15 is 0 Å². The van der Waals surface area contributed by atoms with Crippen molar-refractivity contribution < 1.29 is 27.9 Å². The monoisotopic (exact) mass is 296 g/mol. The summed E-state index contributed by atoms with van der Waals surface area (Å²) in [4.78, 5) is 26.2. The zero-order chi connectivity index (χ0) is 15.6. The first-order valence-corrected chi connectivity index (χ1v) is 5.53. The number of carbonyl (C=O) groups excluding carboxylic acids is 1. The lowest BCUT2D eigenvalue weighted by atomic mass is 10.1. The number of pyridine rings is 1. The summed E-state index contributed by atoms with van der Waals surface area (Å²) in [7, 11) is 0. The first kappa shape index (κ1) is 14.5. The molecule has 0 aliphatic heterocycles. The van der Waals surface area contributed by atoms with E-state index in [0.717, 1.165) is 18.5 Å². The summed E-state index contributed by atoms with van der Waals surface area (Å²) in [5.74, 6) is -6.23. The number of nitrogens with zero attached hydrogens (tertiary/aromatic N) is 1. The number of hydrogen-bond acceptors (Lipinski definition) is 3. The lowest BCUT2D eigenvalue weighted by Crippen LogP contribution is -2.17. The second-order valence-electron chi connectivity index (χ2n) is 3.93. The van der Waals surface area contributed by atoms with Crippen molar-refractivity contribution in [3.05, 3.63) is 59.2 Å². The molecule has 0 aliphatic rings. The molecule has 1 aromatic heterocycles. The van der Waals surface area contributed by atoms with Crippen LogP contribution in [0.2, 0.25) is 0 Å². The molecule has 21 heavy (non-hydrogen) atoms. The van der Waals surface area contributed by atoms with Crippen molar-refractivity contribution in [1.82, 2.24) is 4.98 Å². The Hall–Kier alpha value is -2.90. The first-order valence-electron chi connectivity index (χ1n) is 5.53. The Morgan fingerprint density at radius 2 is 1.71 bits per heavy atom. The van der Waals surface area contributed by atoms with Gasteiger partial charge in [-0.1, -0.05) is 0 Å². The molecular weight excluding hydrogens is 289 g/mol. The first-order chi connectivity index (χ1) is 9.90. The maximum atomic E-state index is 13.4. The van der Waals surface area contributed by atoms with Gasteiger partial charge in [0, 0.05) is 12.3 Å². The Kier molecular flexibility index (Phi) is 3.88. The number of amides is 1. The molecule has 0 bridgehead atoms. The Morgan fingerprint density at radius 1 is 1.05 bits per heavy atom. The van der Waals surface area contributed by atoms with E-state index in [9.17, 15) is 22.8 Å². The lowest BCUT2D eigenvalue weighted by molar-refractivity contribution is 0.0697. The highest BCUT2D eigenvalue weighted by Gasteiger charge is 2.19. The molecule has 0 atom stereocenters. The van der Waals surface area contributed by atoms with Gasteiger partial charge in [0.1, 0.15) is 0 Å². The zero-order valence-electron chi connectivity index (χ0n) is 10.2. The highest BCUT2D eigenvalue weighted by atomic mass is 19.2. The minimum absolute atomic E-state index is 0.411. The maximum Gasteiger partial charge on any atom is 0.337 e. The summed E-state index contributed by atoms with van der Waals surface area (Å²) in [6.07, 6.45) is 1.94. The number of carboxylic acids is 1. The van der Waals surface area contributed by atoms with Crippen LogP contribution >= 0.6 is 0 Å². The standard InChI is InChI=1S/C13H7F3N2O3/c14-8-3-7(13(20)21)11(4-9(8)15)18-12(19)6-1-2-17-5-10(6)16/h1-5H,(H,18,19)(H,20,21). The number of nitrogens with one attached hydrogen (secondary N) is 1. The quantitative estimate of drug-likeness (QED) is 0.911. The van der Waals surface area contributed by atoms with Gasteiger partial charge < -0.3 is 10.4 Å². The molecule has 0 aliphatic carbocycles. The topological polar surface area (TPSA) is 79.3 Å². The second kappa shape index (κ2) is 5.61. The Labute approximate surface area is 116 Å². The molecule has 0 fully saturated rings. The highest BCUT2D eigenvalue weighted by Crippen LogP contribution is 2.21. The number of benzene rings is 1. The van der Waals surface area contributed by atoms with E-state index in [1.54, 1.807) is 0 Å². The second-order valence-corrected chi connectivity index (χ2v) is 3.93. The summed E-state index contributed by atoms with van der Waals surface area (Å²) in [5.41, 5.74) is -1.55. The molecule has 1 aromatic carbocycles. The Balaban J connectivity index is 2.40. The fourth-order valence-electron chi connectivity index (χ4n) is 1.58. The van der Waals surface area contributed by atoms with Crippen LogP contribution in [-0.2, 0) is 0 Å². The summed E-state index contributed by atoms with van der Waals surface area (Å²) < 4.78 is 39.5. The van der Waals surface area contributed by atoms with E-state index in [1.165, 1.54) is 0 Å². The number of aromatic nitrogens is 1. The van der Waals surface area contributed by atoms with Gasteiger partial charge in [0.2, 0.25) is 0 Å². The molecule has 0 spiro atoms. The Morgan fingerprint density at radius 3 is 2.33 bits per heavy atom. The molecule has 0 saturated heterocycles. The van der Waals surface area contributed by atoms with Gasteiger partial charge >= 0.3 is 5.97 Å². The van der Waals surface area contributed by atoms with Crippen LogP contribution in [0.15, 0.2) is 30.6 Å². The van der Waals surface area contributed by atoms with Crippen molar-refractivity contribution in [2.75, 3.05) is 5.32 Å².